The summed E-state index contributed by atoms with van der Waals surface area (Å²) >= 11 is 0. The average molecular weight is 322 g/mol. The van der Waals surface area contributed by atoms with Crippen molar-refractivity contribution >= 4 is 17.5 Å². The van der Waals surface area contributed by atoms with Gasteiger partial charge in [-0.05, 0) is 48.6 Å². The molecule has 4 nitrogen and oxygen atoms in total. The predicted octanol–water partition coefficient (Wildman–Crippen LogP) is 3.22. The summed E-state index contributed by atoms with van der Waals surface area (Å²) in [5, 5.41) is 2.76. The van der Waals surface area contributed by atoms with Crippen LogP contribution in [0.1, 0.15) is 40.4 Å². The number of rotatable bonds is 3. The van der Waals surface area contributed by atoms with Crippen LogP contribution in [-0.4, -0.2) is 18.4 Å². The van der Waals surface area contributed by atoms with E-state index < -0.39 is 0 Å². The van der Waals surface area contributed by atoms with Crippen LogP contribution in [0.15, 0.2) is 42.5 Å². The van der Waals surface area contributed by atoms with Crippen molar-refractivity contribution in [2.24, 2.45) is 0 Å². The van der Waals surface area contributed by atoms with Gasteiger partial charge in [0.15, 0.2) is 0 Å². The maximum Gasteiger partial charge on any atom is 0.258 e. The number of amides is 2. The molecule has 24 heavy (non-hydrogen) atoms. The van der Waals surface area contributed by atoms with Crippen LogP contribution in [-0.2, 0) is 17.8 Å². The van der Waals surface area contributed by atoms with Gasteiger partial charge < -0.3 is 10.2 Å². The van der Waals surface area contributed by atoms with Crippen molar-refractivity contribution in [3.05, 3.63) is 64.7 Å². The van der Waals surface area contributed by atoms with E-state index in [1.165, 1.54) is 12.5 Å². The summed E-state index contributed by atoms with van der Waals surface area (Å²) < 4.78 is 0. The largest absolute Gasteiger partial charge is 0.352 e. The number of benzene rings is 2. The molecule has 0 unspecified atom stereocenters. The molecular weight excluding hydrogens is 300 g/mol. The number of aryl methyl sites for hydroxylation is 2. The zero-order valence-corrected chi connectivity index (χ0v) is 14.1. The molecule has 0 bridgehead atoms. The van der Waals surface area contributed by atoms with Gasteiger partial charge >= 0.3 is 0 Å². The van der Waals surface area contributed by atoms with E-state index in [0.717, 1.165) is 36.2 Å². The molecule has 0 saturated heterocycles. The second-order valence-electron chi connectivity index (χ2n) is 6.25. The van der Waals surface area contributed by atoms with Gasteiger partial charge in [-0.2, -0.15) is 0 Å². The van der Waals surface area contributed by atoms with Crippen molar-refractivity contribution in [3.63, 3.8) is 0 Å². The number of hydrogen-bond donors (Lipinski definition) is 1. The van der Waals surface area contributed by atoms with Gasteiger partial charge in [-0.25, -0.2) is 0 Å². The Bertz CT molecular complexity index is 766. The third kappa shape index (κ3) is 3.32. The quantitative estimate of drug-likeness (QED) is 0.943. The Morgan fingerprint density at radius 1 is 1.12 bits per heavy atom. The number of nitrogens with one attached hydrogen (secondary N) is 1. The molecule has 0 radical (unpaired) electrons. The first-order valence-electron chi connectivity index (χ1n) is 8.30. The van der Waals surface area contributed by atoms with Crippen LogP contribution < -0.4 is 10.2 Å². The Kier molecular flexibility index (Phi) is 4.65. The van der Waals surface area contributed by atoms with E-state index in [4.69, 9.17) is 0 Å². The molecule has 0 aliphatic carbocycles. The first kappa shape index (κ1) is 16.2. The van der Waals surface area contributed by atoms with Gasteiger partial charge in [-0.15, -0.1) is 0 Å². The van der Waals surface area contributed by atoms with Gasteiger partial charge in [0.1, 0.15) is 0 Å². The highest BCUT2D eigenvalue weighted by molar-refractivity contribution is 6.07. The van der Waals surface area contributed by atoms with Crippen molar-refractivity contribution in [2.45, 2.75) is 33.2 Å². The first-order valence-corrected chi connectivity index (χ1v) is 8.30. The molecule has 0 fully saturated rings. The molecule has 1 N–H and O–H groups in total. The molecule has 2 aromatic carbocycles. The minimum absolute atomic E-state index is 0.0383. The van der Waals surface area contributed by atoms with Crippen LogP contribution in [0.25, 0.3) is 0 Å². The number of carbonyl (C=O) groups is 2. The lowest BCUT2D eigenvalue weighted by Crippen LogP contribution is -2.36. The number of anilines is 1. The molecule has 0 saturated carbocycles. The van der Waals surface area contributed by atoms with Gasteiger partial charge in [0.25, 0.3) is 5.91 Å². The molecular formula is C20H22N2O2. The highest BCUT2D eigenvalue weighted by Gasteiger charge is 2.24. The molecule has 1 aliphatic rings. The summed E-state index contributed by atoms with van der Waals surface area (Å²) in [5.41, 5.74) is 5.12. The number of hydrogen-bond acceptors (Lipinski definition) is 2. The molecule has 2 aromatic rings. The van der Waals surface area contributed by atoms with Crippen LogP contribution in [0.3, 0.4) is 0 Å². The minimum atomic E-state index is -0.0597. The fourth-order valence-electron chi connectivity index (χ4n) is 3.20. The summed E-state index contributed by atoms with van der Waals surface area (Å²) in [6.45, 7) is 4.79. The zero-order valence-electron chi connectivity index (χ0n) is 14.1. The van der Waals surface area contributed by atoms with Gasteiger partial charge in [-0.1, -0.05) is 30.3 Å². The summed E-state index contributed by atoms with van der Waals surface area (Å²) in [6.07, 6.45) is 2.01. The van der Waals surface area contributed by atoms with Crippen molar-refractivity contribution in [1.82, 2.24) is 5.32 Å². The van der Waals surface area contributed by atoms with E-state index in [2.05, 4.69) is 30.4 Å². The van der Waals surface area contributed by atoms with E-state index in [1.807, 2.05) is 29.2 Å². The smallest absolute Gasteiger partial charge is 0.258 e. The second-order valence-corrected chi connectivity index (χ2v) is 6.25. The van der Waals surface area contributed by atoms with Gasteiger partial charge in [0, 0.05) is 25.6 Å². The molecule has 3 rings (SSSR count). The topological polar surface area (TPSA) is 49.4 Å². The summed E-state index contributed by atoms with van der Waals surface area (Å²) in [5.74, 6) is -0.0214. The average Bonchev–Trinajstić information content (AvgIpc) is 2.59. The van der Waals surface area contributed by atoms with Crippen molar-refractivity contribution in [1.29, 1.82) is 0 Å². The summed E-state index contributed by atoms with van der Waals surface area (Å²) in [6, 6.07) is 13.7. The Morgan fingerprint density at radius 2 is 1.88 bits per heavy atom. The van der Waals surface area contributed by atoms with E-state index in [0.29, 0.717) is 12.1 Å². The van der Waals surface area contributed by atoms with Gasteiger partial charge in [0.05, 0.1) is 5.69 Å². The van der Waals surface area contributed by atoms with Crippen molar-refractivity contribution in [3.8, 4) is 0 Å². The molecule has 4 heteroatoms. The standard InChI is InChI=1S/C20H22N2O2/c1-14-5-3-6-17-7-4-12-22(19(14)17)20(24)18-10-8-16(9-11-18)13-21-15(2)23/h3,5-6,8-11H,4,7,12-13H2,1-2H3,(H,21,23). The van der Waals surface area contributed by atoms with E-state index in [1.54, 1.807) is 0 Å². The highest BCUT2D eigenvalue weighted by Crippen LogP contribution is 2.31. The molecule has 0 aromatic heterocycles. The van der Waals surface area contributed by atoms with Gasteiger partial charge in [-0.3, -0.25) is 9.59 Å². The highest BCUT2D eigenvalue weighted by atomic mass is 16.2. The van der Waals surface area contributed by atoms with E-state index in [-0.39, 0.29) is 11.8 Å². The van der Waals surface area contributed by atoms with Crippen LogP contribution in [0.5, 0.6) is 0 Å². The molecule has 2 amide bonds. The monoisotopic (exact) mass is 322 g/mol. The van der Waals surface area contributed by atoms with E-state index in [9.17, 15) is 9.59 Å². The maximum atomic E-state index is 12.9. The second kappa shape index (κ2) is 6.87. The van der Waals surface area contributed by atoms with Crippen molar-refractivity contribution in [2.75, 3.05) is 11.4 Å². The van der Waals surface area contributed by atoms with E-state index >= 15 is 0 Å². The number of nitrogens with zero attached hydrogens (tertiary/aromatic N) is 1. The van der Waals surface area contributed by atoms with Crippen LogP contribution in [0.4, 0.5) is 5.69 Å². The minimum Gasteiger partial charge on any atom is -0.352 e. The maximum absolute atomic E-state index is 12.9. The number of fused-ring (bicyclic) bond motifs is 1. The van der Waals surface area contributed by atoms with Crippen LogP contribution >= 0.6 is 0 Å². The molecule has 124 valence electrons. The lowest BCUT2D eigenvalue weighted by molar-refractivity contribution is -0.119. The molecule has 1 aliphatic heterocycles. The zero-order chi connectivity index (χ0) is 17.1. The summed E-state index contributed by atoms with van der Waals surface area (Å²) in [7, 11) is 0. The first-order chi connectivity index (χ1) is 11.6. The Hall–Kier alpha value is -2.62. The SMILES string of the molecule is CC(=O)NCc1ccc(C(=O)N2CCCc3cccc(C)c32)cc1. The lowest BCUT2D eigenvalue weighted by atomic mass is 9.97. The molecule has 1 heterocycles. The van der Waals surface area contributed by atoms with Crippen LogP contribution in [0.2, 0.25) is 0 Å². The Balaban J connectivity index is 1.82. The Morgan fingerprint density at radius 3 is 2.58 bits per heavy atom. The normalized spacial score (nSPS) is 13.3. The van der Waals surface area contributed by atoms with Crippen molar-refractivity contribution < 1.29 is 9.59 Å². The van der Waals surface area contributed by atoms with Crippen LogP contribution in [0, 0.1) is 6.92 Å². The Labute approximate surface area is 142 Å². The fraction of sp³-hybridized carbons (Fsp3) is 0.300. The third-order valence-electron chi connectivity index (χ3n) is 4.41. The predicted molar refractivity (Wildman–Crippen MR) is 95.1 cm³/mol. The van der Waals surface area contributed by atoms with Gasteiger partial charge in [0.2, 0.25) is 5.91 Å². The molecule has 0 spiro atoms. The molecule has 0 atom stereocenters. The third-order valence-corrected chi connectivity index (χ3v) is 4.41. The number of para-hydroxylation sites is 1. The lowest BCUT2D eigenvalue weighted by Gasteiger charge is -2.31. The fourth-order valence-corrected chi connectivity index (χ4v) is 3.20. The summed E-state index contributed by atoms with van der Waals surface area (Å²) in [4.78, 5) is 25.8. The number of carbonyl (C=O) groups excluding carboxylic acids is 2.